The van der Waals surface area contributed by atoms with Gasteiger partial charge in [-0.15, -0.1) is 0 Å². The van der Waals surface area contributed by atoms with E-state index in [2.05, 4.69) is 0 Å². The summed E-state index contributed by atoms with van der Waals surface area (Å²) in [6, 6.07) is 0.586. The summed E-state index contributed by atoms with van der Waals surface area (Å²) in [5.74, 6) is -2.73. The molecule has 0 amide bonds. The third-order valence-electron chi connectivity index (χ3n) is 3.84. The Morgan fingerprint density at radius 1 is 1.29 bits per heavy atom. The molecule has 0 saturated heterocycles. The molecule has 1 aliphatic rings. The van der Waals surface area contributed by atoms with Gasteiger partial charge in [-0.25, -0.2) is 13.2 Å². The monoisotopic (exact) mass is 297 g/mol. The van der Waals surface area contributed by atoms with E-state index in [1.807, 2.05) is 13.8 Å². The maximum absolute atomic E-state index is 14.0. The van der Waals surface area contributed by atoms with Gasteiger partial charge in [0.25, 0.3) is 0 Å². The van der Waals surface area contributed by atoms with Crippen molar-refractivity contribution in [1.29, 1.82) is 0 Å². The summed E-state index contributed by atoms with van der Waals surface area (Å²) in [4.78, 5) is 13.4. The molecular weight excluding hydrogens is 279 g/mol. The Kier molecular flexibility index (Phi) is 4.70. The second kappa shape index (κ2) is 6.33. The highest BCUT2D eigenvalue weighted by atomic mass is 19.1. The molecule has 0 N–H and O–H groups in total. The van der Waals surface area contributed by atoms with Crippen molar-refractivity contribution in [2.75, 3.05) is 6.54 Å². The van der Waals surface area contributed by atoms with Gasteiger partial charge in [0.05, 0.1) is 6.04 Å². The van der Waals surface area contributed by atoms with Gasteiger partial charge in [0.15, 0.2) is 5.78 Å². The zero-order chi connectivity index (χ0) is 15.6. The molecule has 0 aliphatic carbocycles. The van der Waals surface area contributed by atoms with Crippen molar-refractivity contribution in [3.05, 3.63) is 47.4 Å². The van der Waals surface area contributed by atoms with Crippen LogP contribution in [-0.2, 0) is 4.79 Å². The largest absolute Gasteiger partial charge is 0.369 e. The smallest absolute Gasteiger partial charge is 0.159 e. The highest BCUT2D eigenvalue weighted by Gasteiger charge is 2.30. The number of benzene rings is 1. The van der Waals surface area contributed by atoms with Gasteiger partial charge < -0.3 is 4.90 Å². The molecule has 0 bridgehead atoms. The fraction of sp³-hybridized carbons (Fsp3) is 0.438. The minimum atomic E-state index is -0.958. The van der Waals surface area contributed by atoms with Crippen LogP contribution < -0.4 is 0 Å². The molecule has 0 aromatic heterocycles. The Labute approximate surface area is 122 Å². The fourth-order valence-electron chi connectivity index (χ4n) is 2.48. The summed E-state index contributed by atoms with van der Waals surface area (Å²) >= 11 is 0. The van der Waals surface area contributed by atoms with Gasteiger partial charge in [-0.3, -0.25) is 4.79 Å². The van der Waals surface area contributed by atoms with Crippen molar-refractivity contribution >= 4 is 5.78 Å². The molecule has 21 heavy (non-hydrogen) atoms. The Bertz CT molecular complexity index is 548. The van der Waals surface area contributed by atoms with E-state index in [9.17, 15) is 18.0 Å². The minimum absolute atomic E-state index is 0.00753. The van der Waals surface area contributed by atoms with Crippen molar-refractivity contribution in [2.24, 2.45) is 5.92 Å². The molecule has 0 radical (unpaired) electrons. The van der Waals surface area contributed by atoms with E-state index in [0.717, 1.165) is 6.42 Å². The second-order valence-electron chi connectivity index (χ2n) is 5.50. The van der Waals surface area contributed by atoms with Gasteiger partial charge in [0.1, 0.15) is 17.5 Å². The number of hydrogen-bond acceptors (Lipinski definition) is 2. The normalized spacial score (nSPS) is 20.0. The molecule has 2 atom stereocenters. The Morgan fingerprint density at radius 3 is 2.48 bits per heavy atom. The van der Waals surface area contributed by atoms with Crippen LogP contribution in [0.3, 0.4) is 0 Å². The first-order chi connectivity index (χ1) is 9.92. The number of halogens is 3. The van der Waals surface area contributed by atoms with E-state index in [4.69, 9.17) is 0 Å². The van der Waals surface area contributed by atoms with E-state index < -0.39 is 23.5 Å². The van der Waals surface area contributed by atoms with Crippen LogP contribution in [0.2, 0.25) is 0 Å². The van der Waals surface area contributed by atoms with Crippen molar-refractivity contribution in [3.63, 3.8) is 0 Å². The van der Waals surface area contributed by atoms with Gasteiger partial charge in [-0.05, 0) is 12.0 Å². The summed E-state index contributed by atoms with van der Waals surface area (Å²) in [7, 11) is 0. The average Bonchev–Trinajstić information content (AvgIpc) is 2.40. The lowest BCUT2D eigenvalue weighted by atomic mass is 9.94. The Morgan fingerprint density at radius 2 is 1.90 bits per heavy atom. The van der Waals surface area contributed by atoms with E-state index in [-0.39, 0.29) is 17.8 Å². The van der Waals surface area contributed by atoms with Crippen LogP contribution in [0.15, 0.2) is 24.4 Å². The molecule has 5 heteroatoms. The van der Waals surface area contributed by atoms with Crippen LogP contribution in [-0.4, -0.2) is 17.2 Å². The quantitative estimate of drug-likeness (QED) is 0.838. The molecule has 2 nitrogen and oxygen atoms in total. The Balaban J connectivity index is 2.39. The van der Waals surface area contributed by atoms with Gasteiger partial charge in [0, 0.05) is 36.9 Å². The molecule has 2 rings (SSSR count). The first kappa shape index (κ1) is 15.6. The van der Waals surface area contributed by atoms with E-state index in [1.54, 1.807) is 11.1 Å². The molecule has 0 spiro atoms. The summed E-state index contributed by atoms with van der Waals surface area (Å²) in [5.41, 5.74) is -0.239. The molecule has 2 unspecified atom stereocenters. The van der Waals surface area contributed by atoms with Crippen molar-refractivity contribution in [1.82, 2.24) is 4.90 Å². The average molecular weight is 297 g/mol. The molecule has 0 saturated carbocycles. The van der Waals surface area contributed by atoms with Crippen LogP contribution in [0.25, 0.3) is 0 Å². The first-order valence-corrected chi connectivity index (χ1v) is 7.03. The molecule has 1 aromatic rings. The minimum Gasteiger partial charge on any atom is -0.369 e. The van der Waals surface area contributed by atoms with Gasteiger partial charge in [0.2, 0.25) is 0 Å². The van der Waals surface area contributed by atoms with Crippen LogP contribution in [0.5, 0.6) is 0 Å². The second-order valence-corrected chi connectivity index (χ2v) is 5.50. The number of allylic oxidation sites excluding steroid dienone is 1. The van der Waals surface area contributed by atoms with Crippen molar-refractivity contribution in [3.8, 4) is 0 Å². The molecule has 114 valence electrons. The predicted octanol–water partition coefficient (Wildman–Crippen LogP) is 3.98. The molecular formula is C16H18F3NO. The summed E-state index contributed by atoms with van der Waals surface area (Å²) in [6.07, 6.45) is 3.90. The zero-order valence-corrected chi connectivity index (χ0v) is 12.1. The van der Waals surface area contributed by atoms with Gasteiger partial charge in [-0.1, -0.05) is 20.3 Å². The number of rotatable bonds is 4. The maximum Gasteiger partial charge on any atom is 0.159 e. The van der Waals surface area contributed by atoms with E-state index >= 15 is 0 Å². The summed E-state index contributed by atoms with van der Waals surface area (Å²) in [6.45, 7) is 4.64. The lowest BCUT2D eigenvalue weighted by Gasteiger charge is -2.35. The number of nitrogens with zero attached hydrogens (tertiary/aromatic N) is 1. The standard InChI is InChI=1S/C16H18F3NO/c1-3-10(2)9-20-5-4-12(21)8-15(20)16-13(18)6-11(17)7-14(16)19/h4-7,10,15H,3,8-9H2,1-2H3. The predicted molar refractivity (Wildman–Crippen MR) is 74.0 cm³/mol. The first-order valence-electron chi connectivity index (χ1n) is 7.03. The number of carbonyl (C=O) groups excluding carboxylic acids is 1. The third-order valence-corrected chi connectivity index (χ3v) is 3.84. The fourth-order valence-corrected chi connectivity index (χ4v) is 2.48. The van der Waals surface area contributed by atoms with Crippen LogP contribution in [0.4, 0.5) is 13.2 Å². The van der Waals surface area contributed by atoms with Crippen molar-refractivity contribution < 1.29 is 18.0 Å². The molecule has 0 fully saturated rings. The highest BCUT2D eigenvalue weighted by Crippen LogP contribution is 2.33. The Hall–Kier alpha value is -1.78. The van der Waals surface area contributed by atoms with E-state index in [1.165, 1.54) is 6.08 Å². The number of ketones is 1. The lowest BCUT2D eigenvalue weighted by Crippen LogP contribution is -2.33. The maximum atomic E-state index is 14.0. The SMILES string of the molecule is CCC(C)CN1C=CC(=O)CC1c1c(F)cc(F)cc1F. The lowest BCUT2D eigenvalue weighted by molar-refractivity contribution is -0.116. The van der Waals surface area contributed by atoms with Gasteiger partial charge in [-0.2, -0.15) is 0 Å². The zero-order valence-electron chi connectivity index (χ0n) is 12.1. The molecule has 1 aromatic carbocycles. The van der Waals surface area contributed by atoms with Crippen LogP contribution >= 0.6 is 0 Å². The summed E-state index contributed by atoms with van der Waals surface area (Å²) < 4.78 is 41.0. The van der Waals surface area contributed by atoms with Crippen LogP contribution in [0, 0.1) is 23.4 Å². The summed E-state index contributed by atoms with van der Waals surface area (Å²) in [5, 5.41) is 0. The number of carbonyl (C=O) groups is 1. The van der Waals surface area contributed by atoms with Crippen LogP contribution in [0.1, 0.15) is 38.3 Å². The third kappa shape index (κ3) is 3.46. The number of hydrogen-bond donors (Lipinski definition) is 0. The van der Waals surface area contributed by atoms with Crippen molar-refractivity contribution in [2.45, 2.75) is 32.7 Å². The van der Waals surface area contributed by atoms with E-state index in [0.29, 0.717) is 24.6 Å². The molecule has 1 heterocycles. The topological polar surface area (TPSA) is 20.3 Å². The van der Waals surface area contributed by atoms with Gasteiger partial charge >= 0.3 is 0 Å². The molecule has 1 aliphatic heterocycles. The highest BCUT2D eigenvalue weighted by molar-refractivity contribution is 5.90.